The molecule has 0 saturated carbocycles. The quantitative estimate of drug-likeness (QED) is 0.927. The Morgan fingerprint density at radius 1 is 1.30 bits per heavy atom. The van der Waals surface area contributed by atoms with Gasteiger partial charge in [0.25, 0.3) is 0 Å². The molecule has 1 amide bonds. The lowest BCUT2D eigenvalue weighted by atomic mass is 9.88. The van der Waals surface area contributed by atoms with E-state index in [-0.39, 0.29) is 12.2 Å². The first kappa shape index (κ1) is 17.2. The first-order valence-corrected chi connectivity index (χ1v) is 7.62. The van der Waals surface area contributed by atoms with Crippen LogP contribution in [0.4, 0.5) is 9.18 Å². The molecule has 1 aromatic rings. The molecule has 1 fully saturated rings. The molecule has 5 nitrogen and oxygen atoms in total. The van der Waals surface area contributed by atoms with Crippen molar-refractivity contribution in [3.05, 3.63) is 35.6 Å². The van der Waals surface area contributed by atoms with Gasteiger partial charge in [0, 0.05) is 13.0 Å². The van der Waals surface area contributed by atoms with Crippen molar-refractivity contribution in [1.29, 1.82) is 0 Å². The molecule has 0 unspecified atom stereocenters. The summed E-state index contributed by atoms with van der Waals surface area (Å²) in [4.78, 5) is 25.7. The fourth-order valence-corrected chi connectivity index (χ4v) is 2.88. The summed E-state index contributed by atoms with van der Waals surface area (Å²) in [7, 11) is 0. The van der Waals surface area contributed by atoms with Crippen LogP contribution in [0.3, 0.4) is 0 Å². The number of aliphatic carboxylic acids is 1. The summed E-state index contributed by atoms with van der Waals surface area (Å²) >= 11 is 0. The number of carbonyl (C=O) groups is 2. The highest BCUT2D eigenvalue weighted by Crippen LogP contribution is 2.34. The van der Waals surface area contributed by atoms with E-state index in [0.29, 0.717) is 24.9 Å². The van der Waals surface area contributed by atoms with E-state index in [4.69, 9.17) is 4.74 Å². The Morgan fingerprint density at radius 2 is 1.91 bits per heavy atom. The minimum Gasteiger partial charge on any atom is -0.479 e. The summed E-state index contributed by atoms with van der Waals surface area (Å²) in [6.07, 6.45) is 0.438. The third kappa shape index (κ3) is 3.81. The molecule has 1 saturated heterocycles. The van der Waals surface area contributed by atoms with Gasteiger partial charge in [0.05, 0.1) is 0 Å². The van der Waals surface area contributed by atoms with Crippen molar-refractivity contribution in [1.82, 2.24) is 4.90 Å². The number of benzene rings is 1. The van der Waals surface area contributed by atoms with Crippen molar-refractivity contribution in [2.75, 3.05) is 6.54 Å². The van der Waals surface area contributed by atoms with Gasteiger partial charge in [-0.1, -0.05) is 12.1 Å². The number of rotatable bonds is 3. The Kier molecular flexibility index (Phi) is 4.63. The van der Waals surface area contributed by atoms with Crippen molar-refractivity contribution < 1.29 is 23.8 Å². The van der Waals surface area contributed by atoms with E-state index in [2.05, 4.69) is 0 Å². The normalized spacial score (nSPS) is 21.3. The smallest absolute Gasteiger partial charge is 0.411 e. The molecule has 126 valence electrons. The number of nitrogens with zero attached hydrogens (tertiary/aromatic N) is 1. The third-order valence-corrected chi connectivity index (χ3v) is 3.91. The van der Waals surface area contributed by atoms with Crippen LogP contribution in [0, 0.1) is 5.82 Å². The zero-order chi connectivity index (χ0) is 17.3. The zero-order valence-corrected chi connectivity index (χ0v) is 13.6. The van der Waals surface area contributed by atoms with Gasteiger partial charge in [-0.2, -0.15) is 0 Å². The molecule has 0 aliphatic carbocycles. The number of hydrogen-bond donors (Lipinski definition) is 1. The minimum absolute atomic E-state index is 0.127. The maximum absolute atomic E-state index is 13.0. The number of likely N-dealkylation sites (tertiary alicyclic amines) is 1. The summed E-state index contributed by atoms with van der Waals surface area (Å²) in [5, 5.41) is 9.77. The van der Waals surface area contributed by atoms with E-state index in [1.54, 1.807) is 32.9 Å². The third-order valence-electron chi connectivity index (χ3n) is 3.91. The number of halogens is 1. The Bertz CT molecular complexity index is 594. The Hall–Kier alpha value is -2.11. The molecule has 1 aliphatic rings. The standard InChI is InChI=1S/C17H22FNO4/c1-16(2,3)23-15(22)19-10-4-9-17(19,14(20)21)11-12-5-7-13(18)8-6-12/h5-8H,4,9-11H2,1-3H3,(H,20,21)/t17-/m0/s1. The van der Waals surface area contributed by atoms with Crippen molar-refractivity contribution in [3.8, 4) is 0 Å². The molecule has 2 rings (SSSR count). The number of hydrogen-bond acceptors (Lipinski definition) is 3. The second-order valence-electron chi connectivity index (χ2n) is 6.88. The van der Waals surface area contributed by atoms with E-state index in [1.165, 1.54) is 17.0 Å². The van der Waals surface area contributed by atoms with Crippen molar-refractivity contribution in [3.63, 3.8) is 0 Å². The fourth-order valence-electron chi connectivity index (χ4n) is 2.88. The summed E-state index contributed by atoms with van der Waals surface area (Å²) in [6.45, 7) is 5.55. The van der Waals surface area contributed by atoms with Crippen molar-refractivity contribution >= 4 is 12.1 Å². The molecule has 23 heavy (non-hydrogen) atoms. The monoisotopic (exact) mass is 323 g/mol. The van der Waals surface area contributed by atoms with Gasteiger partial charge < -0.3 is 9.84 Å². The molecule has 1 aliphatic heterocycles. The van der Waals surface area contributed by atoms with Crippen LogP contribution < -0.4 is 0 Å². The highest BCUT2D eigenvalue weighted by Gasteiger charge is 2.51. The van der Waals surface area contributed by atoms with Gasteiger partial charge in [0.1, 0.15) is 17.0 Å². The Balaban J connectivity index is 2.29. The predicted octanol–water partition coefficient (Wildman–Crippen LogP) is 3.22. The maximum Gasteiger partial charge on any atom is 0.411 e. The number of carbonyl (C=O) groups excluding carboxylic acids is 1. The van der Waals surface area contributed by atoms with Gasteiger partial charge in [-0.25, -0.2) is 14.0 Å². The van der Waals surface area contributed by atoms with E-state index in [1.807, 2.05) is 0 Å². The highest BCUT2D eigenvalue weighted by atomic mass is 19.1. The second kappa shape index (κ2) is 6.18. The first-order valence-electron chi connectivity index (χ1n) is 7.62. The molecule has 1 N–H and O–H groups in total. The Labute approximate surface area is 135 Å². The molecule has 1 heterocycles. The summed E-state index contributed by atoms with van der Waals surface area (Å²) in [5.74, 6) is -1.45. The number of amides is 1. The highest BCUT2D eigenvalue weighted by molar-refractivity contribution is 5.85. The van der Waals surface area contributed by atoms with E-state index in [9.17, 15) is 19.1 Å². The van der Waals surface area contributed by atoms with Crippen LogP contribution in [0.2, 0.25) is 0 Å². The van der Waals surface area contributed by atoms with Crippen LogP contribution in [0.1, 0.15) is 39.2 Å². The summed E-state index contributed by atoms with van der Waals surface area (Å²) in [5.41, 5.74) is -1.37. The fraction of sp³-hybridized carbons (Fsp3) is 0.529. The zero-order valence-electron chi connectivity index (χ0n) is 13.6. The van der Waals surface area contributed by atoms with Gasteiger partial charge in [-0.3, -0.25) is 4.90 Å². The average molecular weight is 323 g/mol. The predicted molar refractivity (Wildman–Crippen MR) is 82.6 cm³/mol. The van der Waals surface area contributed by atoms with Crippen molar-refractivity contribution in [2.24, 2.45) is 0 Å². The van der Waals surface area contributed by atoms with Crippen LogP contribution in [-0.4, -0.2) is 39.8 Å². The van der Waals surface area contributed by atoms with Crippen LogP contribution in [0.5, 0.6) is 0 Å². The molecule has 1 atom stereocenters. The largest absolute Gasteiger partial charge is 0.479 e. The average Bonchev–Trinajstić information content (AvgIpc) is 2.84. The molecule has 0 spiro atoms. The van der Waals surface area contributed by atoms with E-state index >= 15 is 0 Å². The van der Waals surface area contributed by atoms with Crippen LogP contribution in [-0.2, 0) is 16.0 Å². The molecule has 0 bridgehead atoms. The van der Waals surface area contributed by atoms with E-state index in [0.717, 1.165) is 0 Å². The molecular formula is C17H22FNO4. The van der Waals surface area contributed by atoms with E-state index < -0.39 is 23.2 Å². The molecule has 6 heteroatoms. The molecule has 1 aromatic carbocycles. The number of ether oxygens (including phenoxy) is 1. The van der Waals surface area contributed by atoms with Gasteiger partial charge in [-0.15, -0.1) is 0 Å². The van der Waals surface area contributed by atoms with Crippen LogP contribution in [0.25, 0.3) is 0 Å². The van der Waals surface area contributed by atoms with Crippen molar-refractivity contribution in [2.45, 2.75) is 51.2 Å². The number of carboxylic acid groups (broad SMARTS) is 1. The lowest BCUT2D eigenvalue weighted by Crippen LogP contribution is -2.55. The Morgan fingerprint density at radius 3 is 2.43 bits per heavy atom. The first-order chi connectivity index (χ1) is 10.6. The van der Waals surface area contributed by atoms with Crippen LogP contribution in [0.15, 0.2) is 24.3 Å². The molecule has 0 radical (unpaired) electrons. The minimum atomic E-state index is -1.35. The van der Waals surface area contributed by atoms with Crippen LogP contribution >= 0.6 is 0 Å². The SMILES string of the molecule is CC(C)(C)OC(=O)N1CCC[C@]1(Cc1ccc(F)cc1)C(=O)O. The van der Waals surface area contributed by atoms with Gasteiger partial charge in [0.2, 0.25) is 0 Å². The number of carboxylic acids is 1. The summed E-state index contributed by atoms with van der Waals surface area (Å²) < 4.78 is 18.4. The van der Waals surface area contributed by atoms with Gasteiger partial charge in [0.15, 0.2) is 0 Å². The second-order valence-corrected chi connectivity index (χ2v) is 6.88. The lowest BCUT2D eigenvalue weighted by Gasteiger charge is -2.36. The lowest BCUT2D eigenvalue weighted by molar-refractivity contribution is -0.149. The molecule has 0 aromatic heterocycles. The van der Waals surface area contributed by atoms with Gasteiger partial charge >= 0.3 is 12.1 Å². The summed E-state index contributed by atoms with van der Waals surface area (Å²) in [6, 6.07) is 5.67. The topological polar surface area (TPSA) is 66.8 Å². The maximum atomic E-state index is 13.0. The van der Waals surface area contributed by atoms with Gasteiger partial charge in [-0.05, 0) is 51.3 Å². The molecular weight excluding hydrogens is 301 g/mol.